The third-order valence-corrected chi connectivity index (χ3v) is 13.4. The molecule has 298 valence electrons. The highest BCUT2D eigenvalue weighted by Crippen LogP contribution is 2.53. The van der Waals surface area contributed by atoms with Gasteiger partial charge in [0.2, 0.25) is 0 Å². The van der Waals surface area contributed by atoms with Crippen LogP contribution in [0.4, 0.5) is 22.7 Å². The molecule has 10 aromatic carbocycles. The number of hydrogen-bond acceptors (Lipinski definition) is 2. The van der Waals surface area contributed by atoms with Crippen LogP contribution >= 0.6 is 0 Å². The Labute approximate surface area is 369 Å². The van der Waals surface area contributed by atoms with Gasteiger partial charge in [-0.15, -0.1) is 0 Å². The molecule has 1 aliphatic heterocycles. The van der Waals surface area contributed by atoms with Crippen LogP contribution in [0.15, 0.2) is 223 Å². The summed E-state index contributed by atoms with van der Waals surface area (Å²) >= 11 is 0. The van der Waals surface area contributed by atoms with Crippen molar-refractivity contribution in [3.63, 3.8) is 0 Å². The number of fused-ring (bicyclic) bond motifs is 8. The molecule has 0 saturated heterocycles. The maximum Gasteiger partial charge on any atom is 0.0747 e. The van der Waals surface area contributed by atoms with E-state index in [0.29, 0.717) is 0 Å². The van der Waals surface area contributed by atoms with Gasteiger partial charge in [-0.1, -0.05) is 196 Å². The molecule has 63 heavy (non-hydrogen) atoms. The molecule has 2 aliphatic rings. The van der Waals surface area contributed by atoms with Crippen LogP contribution in [0.2, 0.25) is 0 Å². The van der Waals surface area contributed by atoms with Gasteiger partial charge in [-0.3, -0.25) is 4.99 Å². The van der Waals surface area contributed by atoms with Crippen molar-refractivity contribution in [3.8, 4) is 44.5 Å². The molecular formula is C61H44N2. The number of benzene rings is 10. The summed E-state index contributed by atoms with van der Waals surface area (Å²) in [7, 11) is 0. The Balaban J connectivity index is 1.09. The van der Waals surface area contributed by atoms with Crippen LogP contribution in [-0.2, 0) is 11.8 Å². The highest BCUT2D eigenvalue weighted by atomic mass is 15.1. The minimum atomic E-state index is -0.143. The van der Waals surface area contributed by atoms with Gasteiger partial charge in [0.1, 0.15) is 0 Å². The average Bonchev–Trinajstić information content (AvgIpc) is 3.89. The molecule has 12 rings (SSSR count). The van der Waals surface area contributed by atoms with E-state index in [2.05, 4.69) is 237 Å². The summed E-state index contributed by atoms with van der Waals surface area (Å²) in [5, 5.41) is 4.80. The summed E-state index contributed by atoms with van der Waals surface area (Å²) in [6, 6.07) is 80.2. The van der Waals surface area contributed by atoms with Crippen LogP contribution in [0.1, 0.15) is 36.1 Å². The fourth-order valence-corrected chi connectivity index (χ4v) is 10.5. The summed E-state index contributed by atoms with van der Waals surface area (Å²) in [5.41, 5.74) is 20.4. The molecule has 10 aromatic rings. The van der Waals surface area contributed by atoms with Gasteiger partial charge in [0.25, 0.3) is 0 Å². The molecule has 1 heterocycles. The van der Waals surface area contributed by atoms with E-state index in [-0.39, 0.29) is 5.41 Å². The molecule has 0 atom stereocenters. The van der Waals surface area contributed by atoms with E-state index in [4.69, 9.17) is 4.99 Å². The summed E-state index contributed by atoms with van der Waals surface area (Å²) in [5.74, 6) is 0. The van der Waals surface area contributed by atoms with Crippen molar-refractivity contribution in [2.24, 2.45) is 4.99 Å². The first-order valence-corrected chi connectivity index (χ1v) is 22.0. The maximum atomic E-state index is 5.28. The second kappa shape index (κ2) is 14.7. The van der Waals surface area contributed by atoms with E-state index in [1.54, 1.807) is 0 Å². The van der Waals surface area contributed by atoms with E-state index in [1.165, 1.54) is 88.3 Å². The number of aliphatic imine (C=N–C) groups is 1. The lowest BCUT2D eigenvalue weighted by molar-refractivity contribution is 0.662. The normalized spacial score (nSPS) is 13.4. The van der Waals surface area contributed by atoms with E-state index in [1.807, 2.05) is 0 Å². The quantitative estimate of drug-likeness (QED) is 0.147. The number of anilines is 3. The zero-order chi connectivity index (χ0) is 42.1. The van der Waals surface area contributed by atoms with E-state index >= 15 is 0 Å². The molecule has 1 aliphatic carbocycles. The first-order chi connectivity index (χ1) is 31.0. The Bertz CT molecular complexity index is 3380. The Kier molecular flexibility index (Phi) is 8.62. The topological polar surface area (TPSA) is 15.6 Å². The zero-order valence-corrected chi connectivity index (χ0v) is 35.4. The monoisotopic (exact) mass is 804 g/mol. The fourth-order valence-electron chi connectivity index (χ4n) is 10.5. The molecule has 2 heteroatoms. The van der Waals surface area contributed by atoms with Gasteiger partial charge in [0.15, 0.2) is 0 Å². The minimum absolute atomic E-state index is 0.143. The van der Waals surface area contributed by atoms with Gasteiger partial charge in [0.05, 0.1) is 17.1 Å². The van der Waals surface area contributed by atoms with Gasteiger partial charge < -0.3 is 4.90 Å². The number of nitrogens with zero attached hydrogens (tertiary/aromatic N) is 2. The lowest BCUT2D eigenvalue weighted by atomic mass is 9.79. The van der Waals surface area contributed by atoms with Gasteiger partial charge >= 0.3 is 0 Å². The standard InChI is InChI=1S/C61H44N2/c1-61(2)56-29-13-12-25-52(56)54-28-15-26-49(59(54)61)43-23-14-24-47(36-43)63(48-37-45(40-17-6-3-7-18-40)35-46(38-48)41-19-8-4-9-20-41)58-30-16-27-50-51-32-31-44-39-57(42-21-10-5-11-22-42)62-60(44)55(51)34-33-53(50)58/h3-38H,39H2,1-2H3. The van der Waals surface area contributed by atoms with E-state index < -0.39 is 0 Å². The first kappa shape index (κ1) is 37.0. The summed E-state index contributed by atoms with van der Waals surface area (Å²) < 4.78 is 0. The Morgan fingerprint density at radius 3 is 1.70 bits per heavy atom. The summed E-state index contributed by atoms with van der Waals surface area (Å²) in [6.07, 6.45) is 0.840. The SMILES string of the molecule is CC1(C)c2ccccc2-c2cccc(-c3cccc(N(c4cc(-c5ccccc5)cc(-c5ccccc5)c4)c4cccc5c4ccc4c6c(ccc45)CC(c4ccccc4)=N6)c3)c21. The summed E-state index contributed by atoms with van der Waals surface area (Å²) in [4.78, 5) is 7.76. The highest BCUT2D eigenvalue weighted by molar-refractivity contribution is 6.18. The number of rotatable bonds is 7. The first-order valence-electron chi connectivity index (χ1n) is 22.0. The van der Waals surface area contributed by atoms with Crippen LogP contribution in [0.5, 0.6) is 0 Å². The third-order valence-electron chi connectivity index (χ3n) is 13.4. The minimum Gasteiger partial charge on any atom is -0.310 e. The van der Waals surface area contributed by atoms with Crippen molar-refractivity contribution in [3.05, 3.63) is 241 Å². The molecule has 2 nitrogen and oxygen atoms in total. The van der Waals surface area contributed by atoms with Gasteiger partial charge in [-0.25, -0.2) is 0 Å². The van der Waals surface area contributed by atoms with E-state index in [0.717, 1.165) is 34.9 Å². The lowest BCUT2D eigenvalue weighted by Gasteiger charge is -2.29. The Hall–Kier alpha value is -7.81. The summed E-state index contributed by atoms with van der Waals surface area (Å²) in [6.45, 7) is 4.75. The molecule has 0 saturated carbocycles. The van der Waals surface area contributed by atoms with Gasteiger partial charge in [-0.2, -0.15) is 0 Å². The van der Waals surface area contributed by atoms with Crippen molar-refractivity contribution in [1.29, 1.82) is 0 Å². The van der Waals surface area contributed by atoms with Crippen LogP contribution < -0.4 is 4.90 Å². The van der Waals surface area contributed by atoms with Crippen LogP contribution in [-0.4, -0.2) is 5.71 Å². The van der Waals surface area contributed by atoms with Crippen molar-refractivity contribution in [1.82, 2.24) is 0 Å². The molecule has 0 fully saturated rings. The van der Waals surface area contributed by atoms with Crippen LogP contribution in [0.3, 0.4) is 0 Å². The van der Waals surface area contributed by atoms with Crippen LogP contribution in [0, 0.1) is 0 Å². The van der Waals surface area contributed by atoms with Crippen molar-refractivity contribution in [2.45, 2.75) is 25.7 Å². The van der Waals surface area contributed by atoms with Gasteiger partial charge in [0, 0.05) is 34.0 Å². The largest absolute Gasteiger partial charge is 0.310 e. The number of hydrogen-bond donors (Lipinski definition) is 0. The predicted octanol–water partition coefficient (Wildman–Crippen LogP) is 16.4. The van der Waals surface area contributed by atoms with Gasteiger partial charge in [-0.05, 0) is 114 Å². The second-order valence-corrected chi connectivity index (χ2v) is 17.5. The average molecular weight is 805 g/mol. The fraction of sp³-hybridized carbons (Fsp3) is 0.0656. The maximum absolute atomic E-state index is 5.28. The second-order valence-electron chi connectivity index (χ2n) is 17.5. The molecule has 0 amide bonds. The van der Waals surface area contributed by atoms with Crippen molar-refractivity contribution in [2.75, 3.05) is 4.90 Å². The highest BCUT2D eigenvalue weighted by Gasteiger charge is 2.37. The predicted molar refractivity (Wildman–Crippen MR) is 266 cm³/mol. The molecule has 0 radical (unpaired) electrons. The van der Waals surface area contributed by atoms with Crippen LogP contribution in [0.25, 0.3) is 66.1 Å². The smallest absolute Gasteiger partial charge is 0.0747 e. The Morgan fingerprint density at radius 2 is 0.952 bits per heavy atom. The molecule has 0 spiro atoms. The van der Waals surface area contributed by atoms with Crippen molar-refractivity contribution >= 4 is 50.0 Å². The molecular weight excluding hydrogens is 761 g/mol. The zero-order valence-electron chi connectivity index (χ0n) is 35.4. The molecule has 0 N–H and O–H groups in total. The third kappa shape index (κ3) is 6.13. The lowest BCUT2D eigenvalue weighted by Crippen LogP contribution is -2.16. The molecule has 0 unspecified atom stereocenters. The molecule has 0 bridgehead atoms. The van der Waals surface area contributed by atoms with E-state index in [9.17, 15) is 0 Å². The van der Waals surface area contributed by atoms with Crippen molar-refractivity contribution < 1.29 is 0 Å². The molecule has 0 aromatic heterocycles. The Morgan fingerprint density at radius 1 is 0.397 bits per heavy atom.